The molecular weight excluding hydrogens is 204 g/mol. The molecule has 88 valence electrons. The lowest BCUT2D eigenvalue weighted by Crippen LogP contribution is -2.33. The Balaban J connectivity index is 1.73. The second-order valence-corrected chi connectivity index (χ2v) is 4.43. The summed E-state index contributed by atoms with van der Waals surface area (Å²) in [5.41, 5.74) is 6.87. The fourth-order valence-corrected chi connectivity index (χ4v) is 1.74. The quantitative estimate of drug-likeness (QED) is 0.745. The Morgan fingerprint density at radius 3 is 3.06 bits per heavy atom. The standard InChI is InChI=1S/C11H18N4O/c1-15-9(4-5-14-15)7-13-11(16)6-10(12)8-2-3-8/h4-5,8,10H,2-3,6-7,12H2,1H3,(H,13,16). The van der Waals surface area contributed by atoms with Crippen LogP contribution in [0.5, 0.6) is 0 Å². The molecule has 1 saturated carbocycles. The van der Waals surface area contributed by atoms with Crippen molar-refractivity contribution >= 4 is 5.91 Å². The minimum Gasteiger partial charge on any atom is -0.350 e. The van der Waals surface area contributed by atoms with E-state index >= 15 is 0 Å². The molecule has 2 rings (SSSR count). The second-order valence-electron chi connectivity index (χ2n) is 4.43. The van der Waals surface area contributed by atoms with Crippen molar-refractivity contribution in [1.29, 1.82) is 0 Å². The number of amides is 1. The SMILES string of the molecule is Cn1nccc1CNC(=O)CC(N)C1CC1. The van der Waals surface area contributed by atoms with Crippen molar-refractivity contribution in [3.05, 3.63) is 18.0 Å². The molecule has 1 aliphatic carbocycles. The lowest BCUT2D eigenvalue weighted by Gasteiger charge is -2.10. The number of carbonyl (C=O) groups excluding carboxylic acids is 1. The van der Waals surface area contributed by atoms with Crippen molar-refractivity contribution in [2.45, 2.75) is 31.8 Å². The van der Waals surface area contributed by atoms with Gasteiger partial charge in [-0.15, -0.1) is 0 Å². The van der Waals surface area contributed by atoms with Crippen LogP contribution in [0.1, 0.15) is 25.0 Å². The molecule has 0 aromatic carbocycles. The van der Waals surface area contributed by atoms with Gasteiger partial charge in [-0.05, 0) is 24.8 Å². The third kappa shape index (κ3) is 2.82. The third-order valence-corrected chi connectivity index (χ3v) is 3.04. The number of hydrogen-bond donors (Lipinski definition) is 2. The molecule has 1 heterocycles. The van der Waals surface area contributed by atoms with E-state index in [1.165, 1.54) is 12.8 Å². The van der Waals surface area contributed by atoms with Gasteiger partial charge in [-0.2, -0.15) is 5.10 Å². The smallest absolute Gasteiger partial charge is 0.221 e. The molecule has 1 unspecified atom stereocenters. The summed E-state index contributed by atoms with van der Waals surface area (Å²) in [5, 5.41) is 6.89. The van der Waals surface area contributed by atoms with Crippen LogP contribution in [0.2, 0.25) is 0 Å². The Hall–Kier alpha value is -1.36. The van der Waals surface area contributed by atoms with Gasteiger partial charge in [-0.1, -0.05) is 0 Å². The zero-order chi connectivity index (χ0) is 11.5. The van der Waals surface area contributed by atoms with Crippen LogP contribution in [0.25, 0.3) is 0 Å². The molecule has 1 aromatic heterocycles. The molecule has 0 bridgehead atoms. The van der Waals surface area contributed by atoms with E-state index < -0.39 is 0 Å². The number of nitrogens with two attached hydrogens (primary N) is 1. The first-order chi connectivity index (χ1) is 7.66. The molecule has 0 spiro atoms. The first-order valence-electron chi connectivity index (χ1n) is 5.66. The average Bonchev–Trinajstić information content (AvgIpc) is 3.00. The molecule has 1 aromatic rings. The number of carbonyl (C=O) groups is 1. The van der Waals surface area contributed by atoms with Gasteiger partial charge in [-0.25, -0.2) is 0 Å². The fourth-order valence-electron chi connectivity index (χ4n) is 1.74. The minimum absolute atomic E-state index is 0.0283. The molecule has 0 radical (unpaired) electrons. The van der Waals surface area contributed by atoms with Crippen molar-refractivity contribution in [3.63, 3.8) is 0 Å². The first-order valence-corrected chi connectivity index (χ1v) is 5.66. The average molecular weight is 222 g/mol. The number of nitrogens with zero attached hydrogens (tertiary/aromatic N) is 2. The van der Waals surface area contributed by atoms with Gasteiger partial charge in [0.1, 0.15) is 0 Å². The molecule has 0 aliphatic heterocycles. The summed E-state index contributed by atoms with van der Waals surface area (Å²) in [4.78, 5) is 11.6. The van der Waals surface area contributed by atoms with Gasteiger partial charge in [0.25, 0.3) is 0 Å². The van der Waals surface area contributed by atoms with E-state index in [1.54, 1.807) is 10.9 Å². The molecule has 3 N–H and O–H groups in total. The molecule has 5 heteroatoms. The predicted molar refractivity (Wildman–Crippen MR) is 60.4 cm³/mol. The Morgan fingerprint density at radius 1 is 1.75 bits per heavy atom. The molecule has 0 saturated heterocycles. The van der Waals surface area contributed by atoms with Crippen molar-refractivity contribution in [3.8, 4) is 0 Å². The van der Waals surface area contributed by atoms with Gasteiger partial charge < -0.3 is 11.1 Å². The van der Waals surface area contributed by atoms with E-state index in [-0.39, 0.29) is 11.9 Å². The highest BCUT2D eigenvalue weighted by Crippen LogP contribution is 2.32. The maximum atomic E-state index is 11.6. The number of aromatic nitrogens is 2. The van der Waals surface area contributed by atoms with Crippen molar-refractivity contribution in [2.75, 3.05) is 0 Å². The van der Waals surface area contributed by atoms with Crippen LogP contribution >= 0.6 is 0 Å². The van der Waals surface area contributed by atoms with Crippen LogP contribution in [0.15, 0.2) is 12.3 Å². The highest BCUT2D eigenvalue weighted by atomic mass is 16.1. The Labute approximate surface area is 95.0 Å². The summed E-state index contributed by atoms with van der Waals surface area (Å²) in [5.74, 6) is 0.600. The van der Waals surface area contributed by atoms with Crippen LogP contribution in [-0.4, -0.2) is 21.7 Å². The molecule has 5 nitrogen and oxygen atoms in total. The third-order valence-electron chi connectivity index (χ3n) is 3.04. The largest absolute Gasteiger partial charge is 0.350 e. The van der Waals surface area contributed by atoms with Crippen LogP contribution in [0, 0.1) is 5.92 Å². The predicted octanol–water partition coefficient (Wildman–Crippen LogP) is 0.164. The van der Waals surface area contributed by atoms with Gasteiger partial charge >= 0.3 is 0 Å². The maximum absolute atomic E-state index is 11.6. The van der Waals surface area contributed by atoms with E-state index in [0.717, 1.165) is 5.69 Å². The van der Waals surface area contributed by atoms with Crippen molar-refractivity contribution < 1.29 is 4.79 Å². The monoisotopic (exact) mass is 222 g/mol. The van der Waals surface area contributed by atoms with Crippen molar-refractivity contribution in [2.24, 2.45) is 18.7 Å². The zero-order valence-electron chi connectivity index (χ0n) is 9.52. The van der Waals surface area contributed by atoms with Crippen LogP contribution in [-0.2, 0) is 18.4 Å². The van der Waals surface area contributed by atoms with Crippen LogP contribution in [0.4, 0.5) is 0 Å². The fraction of sp³-hybridized carbons (Fsp3) is 0.636. The number of aryl methyl sites for hydroxylation is 1. The highest BCUT2D eigenvalue weighted by molar-refractivity contribution is 5.76. The topological polar surface area (TPSA) is 72.9 Å². The Bertz CT molecular complexity index is 370. The molecule has 16 heavy (non-hydrogen) atoms. The number of nitrogens with one attached hydrogen (secondary N) is 1. The summed E-state index contributed by atoms with van der Waals surface area (Å²) in [7, 11) is 1.86. The van der Waals surface area contributed by atoms with Gasteiger partial charge in [0, 0.05) is 25.7 Å². The lowest BCUT2D eigenvalue weighted by molar-refractivity contribution is -0.121. The molecule has 1 fully saturated rings. The summed E-state index contributed by atoms with van der Waals surface area (Å²) in [6.07, 6.45) is 4.51. The molecule has 1 aliphatic rings. The molecular formula is C11H18N4O. The van der Waals surface area contributed by atoms with E-state index in [4.69, 9.17) is 5.73 Å². The summed E-state index contributed by atoms with van der Waals surface area (Å²) >= 11 is 0. The lowest BCUT2D eigenvalue weighted by atomic mass is 10.1. The first kappa shape index (κ1) is 11.1. The normalized spacial score (nSPS) is 17.1. The van der Waals surface area contributed by atoms with Crippen LogP contribution in [0.3, 0.4) is 0 Å². The van der Waals surface area contributed by atoms with E-state index in [1.807, 2.05) is 13.1 Å². The van der Waals surface area contributed by atoms with Crippen molar-refractivity contribution in [1.82, 2.24) is 15.1 Å². The molecule has 1 atom stereocenters. The Kier molecular flexibility index (Phi) is 3.24. The minimum atomic E-state index is 0.0283. The van der Waals surface area contributed by atoms with Gasteiger partial charge in [-0.3, -0.25) is 9.48 Å². The van der Waals surface area contributed by atoms with Gasteiger partial charge in [0.05, 0.1) is 12.2 Å². The maximum Gasteiger partial charge on any atom is 0.221 e. The summed E-state index contributed by atoms with van der Waals surface area (Å²) < 4.78 is 1.75. The summed E-state index contributed by atoms with van der Waals surface area (Å²) in [6.45, 7) is 0.521. The van der Waals surface area contributed by atoms with E-state index in [2.05, 4.69) is 10.4 Å². The number of hydrogen-bond acceptors (Lipinski definition) is 3. The zero-order valence-corrected chi connectivity index (χ0v) is 9.52. The number of rotatable bonds is 5. The van der Waals surface area contributed by atoms with E-state index in [0.29, 0.717) is 18.9 Å². The van der Waals surface area contributed by atoms with Gasteiger partial charge in [0.2, 0.25) is 5.91 Å². The van der Waals surface area contributed by atoms with E-state index in [9.17, 15) is 4.79 Å². The second kappa shape index (κ2) is 4.65. The van der Waals surface area contributed by atoms with Gasteiger partial charge in [0.15, 0.2) is 0 Å². The molecule has 1 amide bonds. The summed E-state index contributed by atoms with van der Waals surface area (Å²) in [6, 6.07) is 1.92. The van der Waals surface area contributed by atoms with Crippen LogP contribution < -0.4 is 11.1 Å². The highest BCUT2D eigenvalue weighted by Gasteiger charge is 2.29. The Morgan fingerprint density at radius 2 is 2.50 bits per heavy atom.